The Kier molecular flexibility index (Phi) is 6.86. The number of esters is 1. The molecule has 1 aliphatic rings. The summed E-state index contributed by atoms with van der Waals surface area (Å²) in [6.07, 6.45) is 13.7. The molecule has 0 spiro atoms. The maximum absolute atomic E-state index is 11.6. The van der Waals surface area contributed by atoms with Crippen LogP contribution >= 0.6 is 0 Å². The second kappa shape index (κ2) is 8.46. The van der Waals surface area contributed by atoms with Crippen molar-refractivity contribution in [3.63, 3.8) is 0 Å². The van der Waals surface area contributed by atoms with Crippen molar-refractivity contribution in [2.24, 2.45) is 5.92 Å². The predicted octanol–water partition coefficient (Wildman–Crippen LogP) is 3.37. The molecule has 0 bridgehead atoms. The van der Waals surface area contributed by atoms with Gasteiger partial charge in [0.05, 0.1) is 7.11 Å². The first-order chi connectivity index (χ1) is 9.19. The molecule has 1 rings (SSSR count). The smallest absolute Gasteiger partial charge is 0.305 e. The van der Waals surface area contributed by atoms with Gasteiger partial charge in [0.1, 0.15) is 0 Å². The minimum absolute atomic E-state index is 0.144. The van der Waals surface area contributed by atoms with Crippen LogP contribution in [0, 0.1) is 5.92 Å². The minimum atomic E-state index is -0.161. The number of hydrogen-bond donors (Lipinski definition) is 0. The molecule has 1 atom stereocenters. The van der Waals surface area contributed by atoms with Gasteiger partial charge < -0.3 is 4.74 Å². The number of carbonyl (C=O) groups excluding carboxylic acids is 2. The van der Waals surface area contributed by atoms with E-state index in [1.165, 1.54) is 7.11 Å². The summed E-state index contributed by atoms with van der Waals surface area (Å²) >= 11 is 0. The molecule has 0 radical (unpaired) electrons. The first-order valence-electron chi connectivity index (χ1n) is 6.83. The van der Waals surface area contributed by atoms with E-state index in [1.54, 1.807) is 6.08 Å². The van der Waals surface area contributed by atoms with Gasteiger partial charge in [-0.3, -0.25) is 9.59 Å². The molecule has 3 nitrogen and oxygen atoms in total. The fraction of sp³-hybridized carbons (Fsp3) is 0.500. The molecule has 104 valence electrons. The number of hydrogen-bond acceptors (Lipinski definition) is 3. The van der Waals surface area contributed by atoms with Crippen LogP contribution in [0.15, 0.2) is 36.0 Å². The zero-order valence-corrected chi connectivity index (χ0v) is 11.7. The van der Waals surface area contributed by atoms with Gasteiger partial charge in [0.15, 0.2) is 5.78 Å². The number of unbranched alkanes of at least 4 members (excludes halogenated alkanes) is 1. The van der Waals surface area contributed by atoms with Crippen LogP contribution in [0.2, 0.25) is 0 Å². The summed E-state index contributed by atoms with van der Waals surface area (Å²) in [7, 11) is 1.41. The van der Waals surface area contributed by atoms with Gasteiger partial charge in [-0.25, -0.2) is 0 Å². The average molecular weight is 262 g/mol. The zero-order valence-electron chi connectivity index (χ0n) is 11.7. The van der Waals surface area contributed by atoms with Gasteiger partial charge in [0.2, 0.25) is 0 Å². The number of ketones is 1. The third kappa shape index (κ3) is 5.25. The van der Waals surface area contributed by atoms with E-state index in [1.807, 2.05) is 19.1 Å². The molecule has 0 saturated carbocycles. The van der Waals surface area contributed by atoms with Crippen LogP contribution in [0.1, 0.15) is 39.0 Å². The van der Waals surface area contributed by atoms with Crippen LogP contribution in [-0.2, 0) is 14.3 Å². The number of ether oxygens (including phenoxy) is 1. The lowest BCUT2D eigenvalue weighted by atomic mass is 9.97. The molecule has 0 fully saturated rings. The van der Waals surface area contributed by atoms with Crippen LogP contribution in [-0.4, -0.2) is 18.9 Å². The molecule has 0 saturated heterocycles. The van der Waals surface area contributed by atoms with Crippen molar-refractivity contribution < 1.29 is 14.3 Å². The van der Waals surface area contributed by atoms with E-state index in [-0.39, 0.29) is 17.7 Å². The minimum Gasteiger partial charge on any atom is -0.469 e. The lowest BCUT2D eigenvalue weighted by Gasteiger charge is -2.06. The molecule has 0 aromatic heterocycles. The summed E-state index contributed by atoms with van der Waals surface area (Å²) in [4.78, 5) is 22.5. The molecule has 0 N–H and O–H groups in total. The standard InChI is InChI=1S/C16H22O3/c1-3-8-14-13(11-12-15(14)17)9-6-4-5-7-10-16(18)19-2/h4,6,8,11-13H,3,5,7,9-10H2,1-2H3/b6-4-,14-8+. The Morgan fingerprint density at radius 2 is 2.21 bits per heavy atom. The molecular weight excluding hydrogens is 240 g/mol. The van der Waals surface area contributed by atoms with E-state index in [2.05, 4.69) is 16.9 Å². The van der Waals surface area contributed by atoms with E-state index < -0.39 is 0 Å². The van der Waals surface area contributed by atoms with Crippen LogP contribution in [0.5, 0.6) is 0 Å². The molecule has 19 heavy (non-hydrogen) atoms. The quantitative estimate of drug-likeness (QED) is 0.306. The van der Waals surface area contributed by atoms with Crippen molar-refractivity contribution >= 4 is 11.8 Å². The summed E-state index contributed by atoms with van der Waals surface area (Å²) in [6, 6.07) is 0. The highest BCUT2D eigenvalue weighted by molar-refractivity contribution is 6.07. The highest BCUT2D eigenvalue weighted by Gasteiger charge is 2.20. The molecule has 1 unspecified atom stereocenters. The second-order valence-corrected chi connectivity index (χ2v) is 4.57. The van der Waals surface area contributed by atoms with Crippen LogP contribution < -0.4 is 0 Å². The fourth-order valence-electron chi connectivity index (χ4n) is 2.09. The van der Waals surface area contributed by atoms with Crippen molar-refractivity contribution in [2.75, 3.05) is 7.11 Å². The lowest BCUT2D eigenvalue weighted by Crippen LogP contribution is -2.01. The molecule has 0 amide bonds. The van der Waals surface area contributed by atoms with Gasteiger partial charge in [-0.05, 0) is 31.8 Å². The monoisotopic (exact) mass is 262 g/mol. The zero-order chi connectivity index (χ0) is 14.1. The van der Waals surface area contributed by atoms with E-state index in [4.69, 9.17) is 0 Å². The van der Waals surface area contributed by atoms with Crippen molar-refractivity contribution in [2.45, 2.75) is 39.0 Å². The number of carbonyl (C=O) groups is 2. The molecule has 1 aliphatic carbocycles. The molecular formula is C16H22O3. The van der Waals surface area contributed by atoms with Gasteiger partial charge in [-0.15, -0.1) is 0 Å². The van der Waals surface area contributed by atoms with E-state index in [0.29, 0.717) is 6.42 Å². The summed E-state index contributed by atoms with van der Waals surface area (Å²) in [6.45, 7) is 2.04. The van der Waals surface area contributed by atoms with Crippen LogP contribution in [0.25, 0.3) is 0 Å². The Morgan fingerprint density at radius 1 is 1.42 bits per heavy atom. The van der Waals surface area contributed by atoms with Gasteiger partial charge in [0.25, 0.3) is 0 Å². The maximum atomic E-state index is 11.6. The Hall–Kier alpha value is -1.64. The van der Waals surface area contributed by atoms with E-state index >= 15 is 0 Å². The Labute approximate surface area is 115 Å². The number of methoxy groups -OCH3 is 1. The third-order valence-corrected chi connectivity index (χ3v) is 3.12. The predicted molar refractivity (Wildman–Crippen MR) is 75.6 cm³/mol. The largest absolute Gasteiger partial charge is 0.469 e. The van der Waals surface area contributed by atoms with Gasteiger partial charge in [0, 0.05) is 17.9 Å². The molecule has 0 aromatic rings. The number of allylic oxidation sites excluding steroid dienone is 6. The van der Waals surface area contributed by atoms with E-state index in [9.17, 15) is 9.59 Å². The van der Waals surface area contributed by atoms with E-state index in [0.717, 1.165) is 31.3 Å². The van der Waals surface area contributed by atoms with Gasteiger partial charge in [-0.1, -0.05) is 31.2 Å². The number of rotatable bonds is 7. The molecule has 3 heteroatoms. The SMILES string of the molecule is CC/C=C1/C(=O)C=CC1C/C=C\CCCC(=O)OC. The normalized spacial score (nSPS) is 20.6. The highest BCUT2D eigenvalue weighted by atomic mass is 16.5. The Balaban J connectivity index is 2.28. The summed E-state index contributed by atoms with van der Waals surface area (Å²) in [5, 5.41) is 0. The molecule has 0 aromatic carbocycles. The second-order valence-electron chi connectivity index (χ2n) is 4.57. The first kappa shape index (κ1) is 15.4. The Bertz CT molecular complexity index is 402. The first-order valence-corrected chi connectivity index (χ1v) is 6.83. The van der Waals surface area contributed by atoms with Crippen molar-refractivity contribution in [3.8, 4) is 0 Å². The van der Waals surface area contributed by atoms with Crippen LogP contribution in [0.4, 0.5) is 0 Å². The molecule has 0 heterocycles. The third-order valence-electron chi connectivity index (χ3n) is 3.12. The maximum Gasteiger partial charge on any atom is 0.305 e. The molecule has 0 aliphatic heterocycles. The van der Waals surface area contributed by atoms with Gasteiger partial charge in [-0.2, -0.15) is 0 Å². The van der Waals surface area contributed by atoms with Crippen LogP contribution in [0.3, 0.4) is 0 Å². The van der Waals surface area contributed by atoms with Crippen molar-refractivity contribution in [3.05, 3.63) is 36.0 Å². The fourth-order valence-corrected chi connectivity index (χ4v) is 2.09. The summed E-state index contributed by atoms with van der Waals surface area (Å²) in [5.74, 6) is 0.209. The van der Waals surface area contributed by atoms with Gasteiger partial charge >= 0.3 is 5.97 Å². The summed E-state index contributed by atoms with van der Waals surface area (Å²) < 4.78 is 4.57. The topological polar surface area (TPSA) is 43.4 Å². The van der Waals surface area contributed by atoms with Crippen molar-refractivity contribution in [1.82, 2.24) is 0 Å². The average Bonchev–Trinajstić information content (AvgIpc) is 2.75. The lowest BCUT2D eigenvalue weighted by molar-refractivity contribution is -0.140. The highest BCUT2D eigenvalue weighted by Crippen LogP contribution is 2.25. The summed E-state index contributed by atoms with van der Waals surface area (Å²) in [5.41, 5.74) is 0.918. The Morgan fingerprint density at radius 3 is 2.89 bits per heavy atom. The van der Waals surface area contributed by atoms with Crippen molar-refractivity contribution in [1.29, 1.82) is 0 Å².